The zero-order valence-electron chi connectivity index (χ0n) is 19.0. The number of unbranched alkanes of at least 4 members (excludes halogenated alkanes) is 5. The Balaban J connectivity index is 1.78. The third-order valence-electron chi connectivity index (χ3n) is 5.09. The van der Waals surface area contributed by atoms with Crippen molar-refractivity contribution in [1.82, 2.24) is 0 Å². The molecule has 8 heteroatoms. The van der Waals surface area contributed by atoms with E-state index >= 15 is 0 Å². The molecule has 0 aliphatic rings. The van der Waals surface area contributed by atoms with E-state index in [2.05, 4.69) is 29.6 Å². The molecule has 0 bridgehead atoms. The van der Waals surface area contributed by atoms with Crippen LogP contribution in [0.5, 0.6) is 5.75 Å². The summed E-state index contributed by atoms with van der Waals surface area (Å²) in [6, 6.07) is 14.3. The second kappa shape index (κ2) is 15.4. The molecule has 0 amide bonds. The average molecular weight is 469 g/mol. The Morgan fingerprint density at radius 2 is 1.53 bits per heavy atom. The molecule has 0 saturated heterocycles. The van der Waals surface area contributed by atoms with E-state index < -0.39 is 7.82 Å². The molecule has 2 rings (SSSR count). The van der Waals surface area contributed by atoms with Crippen LogP contribution in [0.3, 0.4) is 0 Å². The third kappa shape index (κ3) is 11.4. The number of hydrogen-bond acceptors (Lipinski definition) is 5. The topological polar surface area (TPSA) is 94.5 Å². The van der Waals surface area contributed by atoms with Gasteiger partial charge in [-0.3, -0.25) is 4.52 Å². The van der Waals surface area contributed by atoms with Crippen LogP contribution in [0.25, 0.3) is 10.8 Å². The van der Waals surface area contributed by atoms with Crippen LogP contribution in [0.4, 0.5) is 0 Å². The van der Waals surface area contributed by atoms with Gasteiger partial charge in [-0.05, 0) is 24.3 Å². The fourth-order valence-electron chi connectivity index (χ4n) is 3.46. The molecule has 2 aromatic carbocycles. The van der Waals surface area contributed by atoms with Crippen LogP contribution in [-0.4, -0.2) is 48.9 Å². The van der Waals surface area contributed by atoms with Gasteiger partial charge in [-0.2, -0.15) is 0 Å². The smallest absolute Gasteiger partial charge is 0.469 e. The first-order valence-corrected chi connectivity index (χ1v) is 13.0. The standard InChI is InChI=1S/C24H37O7P/c1-2-3-4-5-6-7-13-22(20-29-17-16-28-18-19-30-32(25,26)27)31-24-15-10-12-21-11-8-9-14-23(21)24/h8-12,14-15,22H,2-7,13,16-20H2,1H3,(H2,25,26,27). The second-order valence-electron chi connectivity index (χ2n) is 7.78. The number of ether oxygens (including phenoxy) is 3. The summed E-state index contributed by atoms with van der Waals surface area (Å²) >= 11 is 0. The molecule has 32 heavy (non-hydrogen) atoms. The molecule has 0 aliphatic carbocycles. The molecule has 1 unspecified atom stereocenters. The van der Waals surface area contributed by atoms with E-state index in [0.717, 1.165) is 29.4 Å². The number of rotatable bonds is 18. The van der Waals surface area contributed by atoms with Crippen molar-refractivity contribution in [2.24, 2.45) is 0 Å². The summed E-state index contributed by atoms with van der Waals surface area (Å²) < 4.78 is 32.4. The highest BCUT2D eigenvalue weighted by atomic mass is 31.2. The molecule has 7 nitrogen and oxygen atoms in total. The van der Waals surface area contributed by atoms with Gasteiger partial charge in [0.15, 0.2) is 0 Å². The molecule has 1 atom stereocenters. The van der Waals surface area contributed by atoms with Gasteiger partial charge in [0.25, 0.3) is 0 Å². The van der Waals surface area contributed by atoms with Gasteiger partial charge in [0.2, 0.25) is 0 Å². The van der Waals surface area contributed by atoms with Crippen LogP contribution in [-0.2, 0) is 18.6 Å². The van der Waals surface area contributed by atoms with E-state index in [-0.39, 0.29) is 19.3 Å². The van der Waals surface area contributed by atoms with Crippen molar-refractivity contribution in [3.8, 4) is 5.75 Å². The summed E-state index contributed by atoms with van der Waals surface area (Å²) in [6.45, 7) is 3.32. The van der Waals surface area contributed by atoms with Gasteiger partial charge in [0.1, 0.15) is 11.9 Å². The van der Waals surface area contributed by atoms with E-state index in [1.165, 1.54) is 32.1 Å². The minimum absolute atomic E-state index is 0.0510. The van der Waals surface area contributed by atoms with Crippen molar-refractivity contribution in [2.45, 2.75) is 58.0 Å². The van der Waals surface area contributed by atoms with Crippen molar-refractivity contribution < 1.29 is 33.1 Å². The van der Waals surface area contributed by atoms with Gasteiger partial charge in [0, 0.05) is 5.39 Å². The molecule has 0 radical (unpaired) electrons. The van der Waals surface area contributed by atoms with E-state index in [0.29, 0.717) is 19.8 Å². The molecule has 0 aromatic heterocycles. The highest BCUT2D eigenvalue weighted by Gasteiger charge is 2.14. The SMILES string of the molecule is CCCCCCCCC(COCCOCCOP(=O)(O)O)Oc1cccc2ccccc12. The first-order valence-electron chi connectivity index (χ1n) is 11.5. The zero-order chi connectivity index (χ0) is 23.1. The van der Waals surface area contributed by atoms with Gasteiger partial charge in [0.05, 0.1) is 33.0 Å². The Hall–Kier alpha value is -1.47. The van der Waals surface area contributed by atoms with Gasteiger partial charge in [-0.25, -0.2) is 4.57 Å². The normalized spacial score (nSPS) is 12.8. The lowest BCUT2D eigenvalue weighted by molar-refractivity contribution is 0.00254. The fraction of sp³-hybridized carbons (Fsp3) is 0.583. The molecular formula is C24H37O7P. The first-order chi connectivity index (χ1) is 15.5. The van der Waals surface area contributed by atoms with Gasteiger partial charge in [-0.1, -0.05) is 75.4 Å². The predicted octanol–water partition coefficient (Wildman–Crippen LogP) is 5.48. The summed E-state index contributed by atoms with van der Waals surface area (Å²) in [5, 5.41) is 2.24. The Morgan fingerprint density at radius 3 is 2.34 bits per heavy atom. The van der Waals surface area contributed by atoms with Gasteiger partial charge in [-0.15, -0.1) is 0 Å². The Morgan fingerprint density at radius 1 is 0.844 bits per heavy atom. The lowest BCUT2D eigenvalue weighted by atomic mass is 10.1. The maximum absolute atomic E-state index is 10.6. The van der Waals surface area contributed by atoms with Crippen molar-refractivity contribution in [1.29, 1.82) is 0 Å². The number of fused-ring (bicyclic) bond motifs is 1. The lowest BCUT2D eigenvalue weighted by Crippen LogP contribution is -2.24. The molecule has 2 N–H and O–H groups in total. The number of benzene rings is 2. The summed E-state index contributed by atoms with van der Waals surface area (Å²) in [6.07, 6.45) is 8.23. The maximum atomic E-state index is 10.6. The molecular weight excluding hydrogens is 431 g/mol. The van der Waals surface area contributed by atoms with Crippen LogP contribution >= 0.6 is 7.82 Å². The van der Waals surface area contributed by atoms with E-state index in [1.54, 1.807) is 0 Å². The van der Waals surface area contributed by atoms with Crippen LogP contribution < -0.4 is 4.74 Å². The molecule has 2 aromatic rings. The number of phosphoric acid groups is 1. The van der Waals surface area contributed by atoms with Crippen LogP contribution in [0.15, 0.2) is 42.5 Å². The second-order valence-corrected chi connectivity index (χ2v) is 9.02. The number of phosphoric ester groups is 1. The highest BCUT2D eigenvalue weighted by Crippen LogP contribution is 2.35. The quantitative estimate of drug-likeness (QED) is 0.221. The monoisotopic (exact) mass is 468 g/mol. The maximum Gasteiger partial charge on any atom is 0.469 e. The van der Waals surface area contributed by atoms with Crippen molar-refractivity contribution >= 4 is 18.6 Å². The summed E-state index contributed by atoms with van der Waals surface area (Å²) in [4.78, 5) is 17.3. The first kappa shape index (κ1) is 26.8. The average Bonchev–Trinajstić information content (AvgIpc) is 2.77. The molecule has 0 spiro atoms. The summed E-state index contributed by atoms with van der Waals surface area (Å²) in [7, 11) is -4.44. The Kier molecular flexibility index (Phi) is 12.9. The highest BCUT2D eigenvalue weighted by molar-refractivity contribution is 7.46. The lowest BCUT2D eigenvalue weighted by Gasteiger charge is -2.20. The molecule has 0 heterocycles. The fourth-order valence-corrected chi connectivity index (χ4v) is 3.77. The molecule has 0 aliphatic heterocycles. The van der Waals surface area contributed by atoms with Crippen LogP contribution in [0.2, 0.25) is 0 Å². The largest absolute Gasteiger partial charge is 0.487 e. The summed E-state index contributed by atoms with van der Waals surface area (Å²) in [5.41, 5.74) is 0. The molecule has 0 saturated carbocycles. The Labute approximate surface area is 191 Å². The number of hydrogen-bond donors (Lipinski definition) is 2. The predicted molar refractivity (Wildman–Crippen MR) is 126 cm³/mol. The molecule has 180 valence electrons. The van der Waals surface area contributed by atoms with E-state index in [1.807, 2.05) is 24.3 Å². The summed E-state index contributed by atoms with van der Waals surface area (Å²) in [5.74, 6) is 0.869. The van der Waals surface area contributed by atoms with E-state index in [9.17, 15) is 4.57 Å². The van der Waals surface area contributed by atoms with Crippen molar-refractivity contribution in [3.63, 3.8) is 0 Å². The van der Waals surface area contributed by atoms with Crippen LogP contribution in [0.1, 0.15) is 51.9 Å². The minimum atomic E-state index is -4.44. The van der Waals surface area contributed by atoms with E-state index in [4.69, 9.17) is 24.0 Å². The van der Waals surface area contributed by atoms with Crippen molar-refractivity contribution in [2.75, 3.05) is 33.0 Å². The third-order valence-corrected chi connectivity index (χ3v) is 5.60. The van der Waals surface area contributed by atoms with Crippen LogP contribution in [0, 0.1) is 0 Å². The van der Waals surface area contributed by atoms with Gasteiger partial charge >= 0.3 is 7.82 Å². The Bertz CT molecular complexity index is 803. The zero-order valence-corrected chi connectivity index (χ0v) is 19.9. The minimum Gasteiger partial charge on any atom is -0.487 e. The van der Waals surface area contributed by atoms with Gasteiger partial charge < -0.3 is 24.0 Å². The molecule has 0 fully saturated rings. The van der Waals surface area contributed by atoms with Crippen molar-refractivity contribution in [3.05, 3.63) is 42.5 Å².